The van der Waals surface area contributed by atoms with Gasteiger partial charge < -0.3 is 68.7 Å². The van der Waals surface area contributed by atoms with Gasteiger partial charge in [0.15, 0.2) is 34.2 Å². The van der Waals surface area contributed by atoms with Crippen LogP contribution in [0.5, 0.6) is 23.5 Å². The van der Waals surface area contributed by atoms with Gasteiger partial charge in [0.25, 0.3) is 0 Å². The molecule has 32 nitrogen and oxygen atoms in total. The second-order valence-electron chi connectivity index (χ2n) is 23.3. The summed E-state index contributed by atoms with van der Waals surface area (Å²) in [4.78, 5) is 109. The van der Waals surface area contributed by atoms with Gasteiger partial charge in [-0.3, -0.25) is 24.3 Å². The molecular formula is C65H76N22O10. The van der Waals surface area contributed by atoms with Crippen molar-refractivity contribution in [2.24, 2.45) is 7.05 Å². The Morgan fingerprint density at radius 2 is 0.784 bits per heavy atom. The van der Waals surface area contributed by atoms with Gasteiger partial charge in [-0.2, -0.15) is 10.2 Å². The molecule has 14 rings (SSSR count). The number of aliphatic hydroxyl groups is 2. The number of rotatable bonds is 16. The highest BCUT2D eigenvalue weighted by atomic mass is 16.5. The van der Waals surface area contributed by atoms with Crippen LogP contribution < -0.4 is 18.9 Å². The van der Waals surface area contributed by atoms with Gasteiger partial charge >= 0.3 is 0 Å². The van der Waals surface area contributed by atoms with Crippen molar-refractivity contribution in [1.29, 1.82) is 0 Å². The first-order valence-electron chi connectivity index (χ1n) is 31.8. The zero-order chi connectivity index (χ0) is 68.1. The Bertz CT molecular complexity index is 4260. The van der Waals surface area contributed by atoms with Gasteiger partial charge in [0.1, 0.15) is 59.1 Å². The molecule has 7 N–H and O–H groups in total. The number of hydrogen-bond donors (Lipinski definition) is 7. The van der Waals surface area contributed by atoms with Crippen LogP contribution in [0, 0.1) is 0 Å². The highest BCUT2D eigenvalue weighted by molar-refractivity contribution is 5.90. The molecular weight excluding hydrogens is 1250 g/mol. The third-order valence-electron chi connectivity index (χ3n) is 16.9. The molecule has 2 atom stereocenters. The van der Waals surface area contributed by atoms with Gasteiger partial charge in [0, 0.05) is 147 Å². The number of hydrogen-bond acceptors (Lipinski definition) is 22. The van der Waals surface area contributed by atoms with Crippen molar-refractivity contribution in [3.05, 3.63) is 124 Å². The number of nitrogens with zero attached hydrogens (tertiary/aromatic N) is 17. The Kier molecular flexibility index (Phi) is 21.4. The van der Waals surface area contributed by atoms with Crippen LogP contribution in [0.1, 0.15) is 88.5 Å². The minimum absolute atomic E-state index is 0.00422. The van der Waals surface area contributed by atoms with Crippen molar-refractivity contribution in [3.63, 3.8) is 0 Å². The largest absolute Gasteiger partial charge is 0.473 e. The van der Waals surface area contributed by atoms with Crippen LogP contribution in [0.4, 0.5) is 0 Å². The lowest BCUT2D eigenvalue weighted by atomic mass is 10.1. The molecule has 14 heterocycles. The van der Waals surface area contributed by atoms with Gasteiger partial charge in [0.2, 0.25) is 47.1 Å². The molecule has 0 unspecified atom stereocenters. The van der Waals surface area contributed by atoms with Crippen molar-refractivity contribution >= 4 is 68.3 Å². The molecule has 0 saturated carbocycles. The summed E-state index contributed by atoms with van der Waals surface area (Å²) in [7, 11) is 1.83. The zero-order valence-electron chi connectivity index (χ0n) is 54.0. The molecule has 4 aliphatic heterocycles. The summed E-state index contributed by atoms with van der Waals surface area (Å²) in [5.41, 5.74) is 8.20. The van der Waals surface area contributed by atoms with E-state index in [1.807, 2.05) is 13.2 Å². The molecule has 10 aromatic rings. The summed E-state index contributed by atoms with van der Waals surface area (Å²) in [5.74, 6) is 2.97. The van der Waals surface area contributed by atoms with Crippen molar-refractivity contribution in [2.75, 3.05) is 52.4 Å². The van der Waals surface area contributed by atoms with E-state index in [-0.39, 0.29) is 48.0 Å². The fourth-order valence-corrected chi connectivity index (χ4v) is 11.6. The lowest BCUT2D eigenvalue weighted by Crippen LogP contribution is -2.41. The summed E-state index contributed by atoms with van der Waals surface area (Å²) in [6.45, 7) is 22.6. The minimum atomic E-state index is -0.624. The summed E-state index contributed by atoms with van der Waals surface area (Å²) >= 11 is 0. The van der Waals surface area contributed by atoms with Crippen LogP contribution in [-0.4, -0.2) is 220 Å². The number of ether oxygens (including phenoxy) is 4. The quantitative estimate of drug-likeness (QED) is 0.0567. The van der Waals surface area contributed by atoms with Crippen LogP contribution in [0.3, 0.4) is 0 Å². The van der Waals surface area contributed by atoms with Crippen LogP contribution in [0.25, 0.3) is 67.4 Å². The van der Waals surface area contributed by atoms with Gasteiger partial charge in [-0.25, -0.2) is 54.5 Å². The van der Waals surface area contributed by atoms with Gasteiger partial charge in [-0.05, 0) is 38.2 Å². The van der Waals surface area contributed by atoms with Gasteiger partial charge in [0.05, 0.1) is 48.1 Å². The lowest BCUT2D eigenvalue weighted by molar-refractivity contribution is -0.128. The third kappa shape index (κ3) is 16.1. The number of carbonyl (C=O) groups is 4. The standard InChI is InChI=1S/C17H19N7O2.C16H17N7O2.2C16H20N4O3/c1-3-14(25)24-6-4-11(5-7-24)26-13-9-19-16-15(22-13)12(8-18-16)17-20-10-21-23(17)2;1-2-13(24)23-5-3-10(4-6-23)25-12-8-18-16-14(21-12)11(7-17-16)15-19-9-20-22-15;2*1-3-14(22)20-6-4-11(5-7-20)23-13-9-18-16-15(19-13)12(8-17-16)10(2)21/h3,8-11H,1,4-7H2,2H3,(H,18,19);2,7-10H,1,3-6H2,(H,17,18)(H,19,20,22);2*3,8-11,21H,1,4-7H2,2H3,(H,17,18)/t;;2*10-/m..10/s1. The maximum Gasteiger partial charge on any atom is 0.245 e. The fourth-order valence-electron chi connectivity index (χ4n) is 11.6. The van der Waals surface area contributed by atoms with Crippen molar-refractivity contribution in [1.82, 2.24) is 109 Å². The van der Waals surface area contributed by atoms with E-state index in [1.54, 1.807) is 81.5 Å². The van der Waals surface area contributed by atoms with Crippen LogP contribution in [0.15, 0.2) is 113 Å². The minimum Gasteiger partial charge on any atom is -0.473 e. The predicted molar refractivity (Wildman–Crippen MR) is 354 cm³/mol. The second kappa shape index (κ2) is 30.9. The van der Waals surface area contributed by atoms with Gasteiger partial charge in [-0.15, -0.1) is 0 Å². The van der Waals surface area contributed by atoms with E-state index in [1.165, 1.54) is 37.0 Å². The first-order chi connectivity index (χ1) is 47.1. The van der Waals surface area contributed by atoms with E-state index in [2.05, 4.69) is 111 Å². The molecule has 4 amide bonds. The normalized spacial score (nSPS) is 16.3. The first kappa shape index (κ1) is 67.2. The Balaban J connectivity index is 0.000000131. The van der Waals surface area contributed by atoms with Crippen LogP contribution in [-0.2, 0) is 26.2 Å². The topological polar surface area (TPSA) is 397 Å². The number of fused-ring (bicyclic) bond motifs is 4. The molecule has 4 saturated heterocycles. The van der Waals surface area contributed by atoms with E-state index in [0.29, 0.717) is 143 Å². The zero-order valence-corrected chi connectivity index (χ0v) is 54.0. The molecule has 0 bridgehead atoms. The van der Waals surface area contributed by atoms with Gasteiger partial charge in [-0.1, -0.05) is 26.3 Å². The van der Waals surface area contributed by atoms with E-state index in [9.17, 15) is 29.4 Å². The molecule has 4 aliphatic rings. The SMILES string of the molecule is C=CC(=O)N1CCC(Oc2cnc3[nH]cc(-c4ncn[nH]4)c3n2)CC1.C=CC(=O)N1CCC(Oc2cnc3[nH]cc(-c4ncnn4C)c3n2)CC1.C=CC(=O)N1CCC(Oc2cnc3[nH]cc([C@@H](C)O)c3n2)CC1.C=CC(=O)N1CCC(Oc2cnc3[nH]cc([C@H](C)O)c3n2)CC1. The lowest BCUT2D eigenvalue weighted by Gasteiger charge is -2.31. The molecule has 0 aromatic carbocycles. The fraction of sp³-hybridized carbons (Fsp3) is 0.385. The van der Waals surface area contributed by atoms with Crippen molar-refractivity contribution < 1.29 is 48.3 Å². The molecule has 0 aliphatic carbocycles. The van der Waals surface area contributed by atoms with E-state index in [4.69, 9.17) is 18.9 Å². The molecule has 506 valence electrons. The smallest absolute Gasteiger partial charge is 0.245 e. The van der Waals surface area contributed by atoms with Crippen LogP contribution in [0.2, 0.25) is 0 Å². The Labute approximate surface area is 555 Å². The third-order valence-corrected chi connectivity index (χ3v) is 16.9. The van der Waals surface area contributed by atoms with E-state index in [0.717, 1.165) is 62.5 Å². The molecule has 4 fully saturated rings. The van der Waals surface area contributed by atoms with Crippen molar-refractivity contribution in [2.45, 2.75) is 102 Å². The number of H-pyrrole nitrogens is 5. The van der Waals surface area contributed by atoms with E-state index >= 15 is 0 Å². The second-order valence-corrected chi connectivity index (χ2v) is 23.3. The molecule has 32 heteroatoms. The summed E-state index contributed by atoms with van der Waals surface area (Å²) < 4.78 is 25.4. The molecule has 97 heavy (non-hydrogen) atoms. The molecule has 10 aromatic heterocycles. The number of piperidine rings is 4. The summed E-state index contributed by atoms with van der Waals surface area (Å²) in [6, 6.07) is 0. The highest BCUT2D eigenvalue weighted by Gasteiger charge is 2.28. The van der Waals surface area contributed by atoms with Crippen LogP contribution >= 0.6 is 0 Å². The first-order valence-corrected chi connectivity index (χ1v) is 31.8. The number of nitrogens with one attached hydrogen (secondary N) is 5. The number of carbonyl (C=O) groups excluding carboxylic acids is 4. The molecule has 0 radical (unpaired) electrons. The maximum absolute atomic E-state index is 11.7. The summed E-state index contributed by atoms with van der Waals surface area (Å²) in [5, 5.41) is 30.3. The average molecular weight is 1330 g/mol. The molecule has 0 spiro atoms. The Morgan fingerprint density at radius 1 is 0.464 bits per heavy atom. The number of aromatic nitrogens is 18. The monoisotopic (exact) mass is 1320 g/mol. The number of aryl methyl sites for hydroxylation is 1. The summed E-state index contributed by atoms with van der Waals surface area (Å²) in [6.07, 6.45) is 26.5. The Hall–Kier alpha value is -11.3. The predicted octanol–water partition coefficient (Wildman–Crippen LogP) is 5.74. The number of aliphatic hydroxyl groups excluding tert-OH is 2. The highest BCUT2D eigenvalue weighted by Crippen LogP contribution is 2.30. The Morgan fingerprint density at radius 3 is 1.09 bits per heavy atom. The average Bonchev–Trinajstić information content (AvgIpc) is 1.69. The number of aromatic amines is 5. The van der Waals surface area contributed by atoms with E-state index < -0.39 is 12.2 Å². The van der Waals surface area contributed by atoms with Crippen molar-refractivity contribution in [3.8, 4) is 46.3 Å². The number of amides is 4. The maximum atomic E-state index is 11.7. The number of likely N-dealkylation sites (tertiary alicyclic amines) is 4.